The topological polar surface area (TPSA) is 34.5 Å². The quantitative estimate of drug-likeness (QED) is 0.362. The summed E-state index contributed by atoms with van der Waals surface area (Å²) in [7, 11) is 0. The second kappa shape index (κ2) is 78.6. The molecule has 0 fully saturated rings. The molecule has 0 unspecified atom stereocenters. The van der Waals surface area contributed by atoms with Gasteiger partial charge in [-0.2, -0.15) is 0 Å². The van der Waals surface area contributed by atoms with Crippen LogP contribution in [-0.4, -0.2) is 0 Å². The third-order valence-electron chi connectivity index (χ3n) is 0. The molecule has 0 radical (unpaired) electrons. The largest absolute Gasteiger partial charge is 2.00 e. The predicted octanol–water partition coefficient (Wildman–Crippen LogP) is -13.2. The average molecular weight is 218 g/mol. The molecule has 1 nitrogen and oxygen atoms in total. The van der Waals surface area contributed by atoms with E-state index in [1.54, 1.807) is 0 Å². The minimum Gasteiger partial charge on any atom is -1.00 e. The maximum Gasteiger partial charge on any atom is 2.00 e. The Hall–Kier alpha value is 1.64. The molecule has 0 amide bonds. The van der Waals surface area contributed by atoms with Gasteiger partial charge in [0.25, 0.3) is 0 Å². The second-order valence-corrected chi connectivity index (χ2v) is 0. The zero-order valence-electron chi connectivity index (χ0n) is 2.57. The first-order valence-electron chi connectivity index (χ1n) is 0. The zero-order chi connectivity index (χ0) is 0. The summed E-state index contributed by atoms with van der Waals surface area (Å²) >= 11 is 0. The van der Waals surface area contributed by atoms with Gasteiger partial charge < -0.3 is 55.1 Å². The fourth-order valence-electron chi connectivity index (χ4n) is 0. The van der Waals surface area contributed by atoms with E-state index in [0.29, 0.717) is 0 Å². The van der Waals surface area contributed by atoms with Crippen LogP contribution in [0.15, 0.2) is 0 Å². The number of rotatable bonds is 0. The van der Waals surface area contributed by atoms with E-state index in [1.807, 2.05) is 0 Å². The van der Waals surface area contributed by atoms with Gasteiger partial charge in [0.05, 0.1) is 0 Å². The average Bonchev–Trinajstić information content (AvgIpc) is 0. The van der Waals surface area contributed by atoms with Crippen LogP contribution in [0.2, 0.25) is 0 Å². The van der Waals surface area contributed by atoms with Crippen LogP contribution < -0.4 is 49.6 Å². The summed E-state index contributed by atoms with van der Waals surface area (Å²) in [5, 5.41) is 0. The van der Waals surface area contributed by atoms with Gasteiger partial charge in [0.1, 0.15) is 0 Å². The monoisotopic (exact) mass is 216 g/mol. The van der Waals surface area contributed by atoms with Gasteiger partial charge >= 0.3 is 17.1 Å². The van der Waals surface area contributed by atoms with Crippen molar-refractivity contribution in [1.29, 1.82) is 0 Å². The van der Waals surface area contributed by atoms with Crippen LogP contribution in [-0.2, 0) is 22.5 Å². The second-order valence-electron chi connectivity index (χ2n) is 0. The molecular weight excluding hydrogens is 214 g/mol. The molecular formula is H4Cl4FeO. The Labute approximate surface area is 72.1 Å². The summed E-state index contributed by atoms with van der Waals surface area (Å²) in [6.07, 6.45) is 0. The predicted molar refractivity (Wildman–Crippen MR) is 6.27 cm³/mol. The molecule has 0 spiro atoms. The maximum atomic E-state index is 0. The van der Waals surface area contributed by atoms with Crippen molar-refractivity contribution < 1.29 is 72.2 Å². The third kappa shape index (κ3) is 45.2. The molecule has 0 aromatic carbocycles. The van der Waals surface area contributed by atoms with Crippen molar-refractivity contribution in [2.45, 2.75) is 0 Å². The molecule has 4 N–H and O–H groups in total. The van der Waals surface area contributed by atoms with Gasteiger partial charge in [-0.3, -0.25) is 0 Å². The first kappa shape index (κ1) is 125. The van der Waals surface area contributed by atoms with Crippen molar-refractivity contribution >= 4 is 0 Å². The van der Waals surface area contributed by atoms with Crippen LogP contribution in [0.1, 0.15) is 0 Å². The summed E-state index contributed by atoms with van der Waals surface area (Å²) in [5.41, 5.74) is 0. The van der Waals surface area contributed by atoms with Crippen molar-refractivity contribution in [2.24, 2.45) is 0 Å². The summed E-state index contributed by atoms with van der Waals surface area (Å²) in [6.45, 7) is 0. The summed E-state index contributed by atoms with van der Waals surface area (Å²) in [5.74, 6) is 0. The van der Waals surface area contributed by atoms with Crippen molar-refractivity contribution in [3.05, 3.63) is 0 Å². The number of halogens is 4. The third-order valence-corrected chi connectivity index (χ3v) is 0. The van der Waals surface area contributed by atoms with Crippen LogP contribution in [0.25, 0.3) is 0 Å². The van der Waals surface area contributed by atoms with E-state index >= 15 is 0 Å². The van der Waals surface area contributed by atoms with Crippen LogP contribution in [0.5, 0.6) is 0 Å². The smallest absolute Gasteiger partial charge is 1.00 e. The summed E-state index contributed by atoms with van der Waals surface area (Å²) in [6, 6.07) is 0. The molecule has 0 heterocycles. The van der Waals surface area contributed by atoms with E-state index in [2.05, 4.69) is 0 Å². The SMILES string of the molecule is [Cl-].[Cl-].[Cl-].[Cl-].[Fe+2].[OH4+2]. The van der Waals surface area contributed by atoms with Crippen molar-refractivity contribution in [3.8, 4) is 0 Å². The summed E-state index contributed by atoms with van der Waals surface area (Å²) in [4.78, 5) is 0. The Morgan fingerprint density at radius 3 is 0.500 bits per heavy atom. The Kier molecular flexibility index (Phi) is 1640. The van der Waals surface area contributed by atoms with Crippen LogP contribution in [0, 0.1) is 0 Å². The van der Waals surface area contributed by atoms with Crippen molar-refractivity contribution in [2.75, 3.05) is 0 Å². The van der Waals surface area contributed by atoms with Crippen molar-refractivity contribution in [3.63, 3.8) is 0 Å². The van der Waals surface area contributed by atoms with Gasteiger partial charge in [0.15, 0.2) is 0 Å². The molecule has 0 atom stereocenters. The van der Waals surface area contributed by atoms with E-state index in [-0.39, 0.29) is 72.2 Å². The first-order valence-corrected chi connectivity index (χ1v) is 0. The normalized spacial score (nSPS) is 0. The van der Waals surface area contributed by atoms with Gasteiger partial charge in [-0.05, 0) is 0 Å². The zero-order valence-corrected chi connectivity index (χ0v) is 6.70. The Balaban J connectivity index is 0. The molecule has 0 aliphatic rings. The molecule has 0 bridgehead atoms. The molecule has 0 aliphatic carbocycles. The van der Waals surface area contributed by atoms with Gasteiger partial charge in [-0.1, -0.05) is 0 Å². The van der Waals surface area contributed by atoms with Crippen molar-refractivity contribution in [1.82, 2.24) is 0 Å². The van der Waals surface area contributed by atoms with Gasteiger partial charge in [-0.25, -0.2) is 0 Å². The molecule has 0 saturated heterocycles. The Bertz CT molecular complexity index is 7.51. The van der Waals surface area contributed by atoms with Gasteiger partial charge in [0, 0.05) is 0 Å². The molecule has 0 saturated carbocycles. The maximum absolute atomic E-state index is 0. The van der Waals surface area contributed by atoms with Gasteiger partial charge in [0.2, 0.25) is 0 Å². The minimum absolute atomic E-state index is 0. The van der Waals surface area contributed by atoms with Crippen LogP contribution >= 0.6 is 0 Å². The minimum atomic E-state index is 0. The molecule has 0 aliphatic heterocycles. The Morgan fingerprint density at radius 1 is 0.500 bits per heavy atom. The van der Waals surface area contributed by atoms with Crippen LogP contribution in [0.4, 0.5) is 0 Å². The molecule has 46 valence electrons. The van der Waals surface area contributed by atoms with E-state index in [1.165, 1.54) is 0 Å². The molecule has 6 heavy (non-hydrogen) atoms. The number of hydrogen-bond acceptors (Lipinski definition) is 0. The van der Waals surface area contributed by atoms with E-state index in [0.717, 1.165) is 0 Å². The van der Waals surface area contributed by atoms with Gasteiger partial charge in [-0.15, -0.1) is 0 Å². The summed E-state index contributed by atoms with van der Waals surface area (Å²) < 4.78 is 0. The fourth-order valence-corrected chi connectivity index (χ4v) is 0. The number of hydrogen-bond donors (Lipinski definition) is 0. The van der Waals surface area contributed by atoms with Crippen LogP contribution in [0.3, 0.4) is 0 Å². The fraction of sp³-hybridized carbons (Fsp3) is 0. The van der Waals surface area contributed by atoms with E-state index < -0.39 is 0 Å². The molecule has 0 rings (SSSR count). The molecule has 0 aromatic heterocycles. The van der Waals surface area contributed by atoms with E-state index in [9.17, 15) is 0 Å². The van der Waals surface area contributed by atoms with E-state index in [4.69, 9.17) is 0 Å². The first-order chi connectivity index (χ1) is 0. The standard InChI is InChI=1S/4ClH.Fe.H4O/h4*1H;;1H4/q;;;;2*+2/p-4. The molecule has 0 aromatic rings. The molecule has 6 heteroatoms. The Morgan fingerprint density at radius 2 is 0.500 bits per heavy atom.